The fraction of sp³-hybridized carbons (Fsp3) is 0. The van der Waals surface area contributed by atoms with Crippen LogP contribution in [0.1, 0.15) is 38.9 Å². The van der Waals surface area contributed by atoms with Gasteiger partial charge in [-0.25, -0.2) is 15.0 Å². The van der Waals surface area contributed by atoms with E-state index in [2.05, 4.69) is 100 Å². The smallest absolute Gasteiger partial charge is 0.164 e. The first-order chi connectivity index (χ1) is 43.3. The summed E-state index contributed by atoms with van der Waals surface area (Å²) < 4.78 is 4.44. The minimum absolute atomic E-state index is 0.209. The summed E-state index contributed by atoms with van der Waals surface area (Å²) in [5.74, 6) is 1.39. The summed E-state index contributed by atoms with van der Waals surface area (Å²) in [7, 11) is 0. The van der Waals surface area contributed by atoms with Gasteiger partial charge in [0.2, 0.25) is 0 Å². The van der Waals surface area contributed by atoms with Gasteiger partial charge in [-0.1, -0.05) is 133 Å². The first-order valence-corrected chi connectivity index (χ1v) is 27.8. The molecule has 0 amide bonds. The Kier molecular flexibility index (Phi) is 12.9. The standard InChI is InChI=1S/C76H38N12/c77-39-46-31-55(42-80)72(56(32-46)43-81)51-24-28-68-62(36-51)60-19-9-11-21-66(60)87(68)70-27-23-50(59-18-8-7-17-54(59)41-79)35-64(70)65-38-53(76-85-74(48-13-3-1-4-14-48)84-75(86-76)49-15-5-2-6-16-49)26-30-71(65)88-67-22-12-10-20-61(67)63-37-52(25-29-69(63)88)73-57(44-82)33-47(40-78)34-58(73)45-83/h1-38H. The monoisotopic (exact) mass is 1120 g/mol. The zero-order valence-electron chi connectivity index (χ0n) is 46.3. The van der Waals surface area contributed by atoms with Gasteiger partial charge in [-0.05, 0) is 119 Å². The lowest BCUT2D eigenvalue weighted by molar-refractivity contribution is 1.07. The Morgan fingerprint density at radius 3 is 1.06 bits per heavy atom. The largest absolute Gasteiger partial charge is 0.309 e. The third-order valence-corrected chi connectivity index (χ3v) is 16.0. The first kappa shape index (κ1) is 52.5. The SMILES string of the molecule is N#Cc1cc(C#N)c(-c2ccc3c(c2)c2ccccc2n3-c2ccc(-c3nc(-c4ccccc4)nc(-c4ccccc4)n3)cc2-c2cc(-c3ccccc3C#N)ccc2-n2c3ccccc3c3cc(-c4c(C#N)cc(C#N)cc4C#N)ccc32)c(C#N)c1. The number of rotatable bonds is 9. The van der Waals surface area contributed by atoms with E-state index in [1.54, 1.807) is 0 Å². The number of nitriles is 7. The Morgan fingerprint density at radius 2 is 0.614 bits per heavy atom. The van der Waals surface area contributed by atoms with E-state index < -0.39 is 0 Å². The zero-order valence-corrected chi connectivity index (χ0v) is 46.3. The van der Waals surface area contributed by atoms with E-state index in [-0.39, 0.29) is 33.4 Å². The lowest BCUT2D eigenvalue weighted by atomic mass is 9.92. The number of hydrogen-bond donors (Lipinski definition) is 0. The van der Waals surface area contributed by atoms with Crippen LogP contribution in [0.15, 0.2) is 231 Å². The second-order valence-electron chi connectivity index (χ2n) is 20.9. The third-order valence-electron chi connectivity index (χ3n) is 16.0. The van der Waals surface area contributed by atoms with Crippen LogP contribution in [0.4, 0.5) is 0 Å². The predicted octanol–water partition coefficient (Wildman–Crippen LogP) is 16.8. The average Bonchev–Trinajstić information content (AvgIpc) is 1.68. The molecule has 0 saturated heterocycles. The molecule has 3 heterocycles. The predicted molar refractivity (Wildman–Crippen MR) is 340 cm³/mol. The highest BCUT2D eigenvalue weighted by Gasteiger charge is 2.26. The number of fused-ring (bicyclic) bond motifs is 6. The van der Waals surface area contributed by atoms with Gasteiger partial charge in [0.05, 0.1) is 115 Å². The summed E-state index contributed by atoms with van der Waals surface area (Å²) >= 11 is 0. The molecule has 12 nitrogen and oxygen atoms in total. The molecule has 3 aromatic heterocycles. The van der Waals surface area contributed by atoms with Crippen molar-refractivity contribution in [3.63, 3.8) is 0 Å². The van der Waals surface area contributed by atoms with Crippen molar-refractivity contribution in [2.75, 3.05) is 0 Å². The molecule has 14 rings (SSSR count). The summed E-state index contributed by atoms with van der Waals surface area (Å²) in [6.07, 6.45) is 0. The maximum Gasteiger partial charge on any atom is 0.164 e. The highest BCUT2D eigenvalue weighted by atomic mass is 15.0. The lowest BCUT2D eigenvalue weighted by Gasteiger charge is -2.21. The molecule has 14 aromatic rings. The van der Waals surface area contributed by atoms with Crippen molar-refractivity contribution >= 4 is 43.6 Å². The van der Waals surface area contributed by atoms with Crippen LogP contribution in [-0.4, -0.2) is 24.1 Å². The quantitative estimate of drug-likeness (QED) is 0.133. The number of benzene rings is 11. The minimum atomic E-state index is 0.209. The van der Waals surface area contributed by atoms with Gasteiger partial charge in [-0.15, -0.1) is 0 Å². The molecule has 88 heavy (non-hydrogen) atoms. The minimum Gasteiger partial charge on any atom is -0.309 e. The maximum absolute atomic E-state index is 10.7. The van der Waals surface area contributed by atoms with Crippen LogP contribution in [0.2, 0.25) is 0 Å². The van der Waals surface area contributed by atoms with Crippen LogP contribution in [0.3, 0.4) is 0 Å². The van der Waals surface area contributed by atoms with Gasteiger partial charge in [0.15, 0.2) is 17.5 Å². The fourth-order valence-electron chi connectivity index (χ4n) is 12.1. The third kappa shape index (κ3) is 8.77. The Balaban J connectivity index is 1.10. The van der Waals surface area contributed by atoms with Crippen LogP contribution in [0, 0.1) is 79.3 Å². The number of hydrogen-bond acceptors (Lipinski definition) is 10. The molecule has 0 fully saturated rings. The van der Waals surface area contributed by atoms with E-state index in [1.165, 1.54) is 24.3 Å². The Morgan fingerprint density at radius 1 is 0.250 bits per heavy atom. The van der Waals surface area contributed by atoms with Crippen molar-refractivity contribution in [2.24, 2.45) is 0 Å². The molecule has 0 atom stereocenters. The van der Waals surface area contributed by atoms with Crippen molar-refractivity contribution in [1.82, 2.24) is 24.1 Å². The molecule has 0 aliphatic carbocycles. The molecule has 0 spiro atoms. The molecular formula is C76H38N12. The van der Waals surface area contributed by atoms with Crippen molar-refractivity contribution in [1.29, 1.82) is 36.8 Å². The van der Waals surface area contributed by atoms with Gasteiger partial charge in [0.25, 0.3) is 0 Å². The normalized spacial score (nSPS) is 10.9. The first-order valence-electron chi connectivity index (χ1n) is 27.8. The summed E-state index contributed by atoms with van der Waals surface area (Å²) in [4.78, 5) is 15.5. The Bertz CT molecular complexity index is 5480. The molecule has 402 valence electrons. The summed E-state index contributed by atoms with van der Waals surface area (Å²) in [6.45, 7) is 0. The van der Waals surface area contributed by atoms with Crippen molar-refractivity contribution in [3.05, 3.63) is 269 Å². The van der Waals surface area contributed by atoms with Gasteiger partial charge in [-0.2, -0.15) is 36.8 Å². The highest BCUT2D eigenvalue weighted by Crippen LogP contribution is 2.46. The zero-order chi connectivity index (χ0) is 60.0. The topological polar surface area (TPSA) is 215 Å². The average molecular weight is 1120 g/mol. The molecule has 0 aliphatic rings. The molecule has 12 heteroatoms. The molecule has 0 bridgehead atoms. The second kappa shape index (κ2) is 21.7. The lowest BCUT2D eigenvalue weighted by Crippen LogP contribution is -2.04. The van der Waals surface area contributed by atoms with Gasteiger partial charge < -0.3 is 9.13 Å². The Hall–Kier alpha value is -13.5. The molecule has 0 saturated carbocycles. The van der Waals surface area contributed by atoms with Crippen LogP contribution in [0.25, 0.3) is 134 Å². The van der Waals surface area contributed by atoms with E-state index in [0.29, 0.717) is 50.9 Å². The molecular weight excluding hydrogens is 1080 g/mol. The van der Waals surface area contributed by atoms with E-state index in [0.717, 1.165) is 88.4 Å². The Labute approximate surface area is 503 Å². The summed E-state index contributed by atoms with van der Waals surface area (Å²) in [6, 6.07) is 89.1. The van der Waals surface area contributed by atoms with Gasteiger partial charge >= 0.3 is 0 Å². The van der Waals surface area contributed by atoms with Gasteiger partial charge in [0, 0.05) is 60.5 Å². The molecule has 0 aliphatic heterocycles. The number of aromatic nitrogens is 5. The van der Waals surface area contributed by atoms with E-state index in [4.69, 9.17) is 15.0 Å². The van der Waals surface area contributed by atoms with Gasteiger partial charge in [-0.3, -0.25) is 0 Å². The van der Waals surface area contributed by atoms with Crippen molar-refractivity contribution in [2.45, 2.75) is 0 Å². The van der Waals surface area contributed by atoms with Crippen LogP contribution in [0.5, 0.6) is 0 Å². The van der Waals surface area contributed by atoms with Crippen LogP contribution >= 0.6 is 0 Å². The fourth-order valence-corrected chi connectivity index (χ4v) is 12.1. The second-order valence-corrected chi connectivity index (χ2v) is 20.9. The van der Waals surface area contributed by atoms with E-state index in [1.807, 2.05) is 158 Å². The molecule has 11 aromatic carbocycles. The number of para-hydroxylation sites is 2. The van der Waals surface area contributed by atoms with E-state index in [9.17, 15) is 36.8 Å². The number of nitrogens with zero attached hydrogens (tertiary/aromatic N) is 12. The molecule has 0 N–H and O–H groups in total. The van der Waals surface area contributed by atoms with Crippen LogP contribution in [-0.2, 0) is 0 Å². The van der Waals surface area contributed by atoms with Gasteiger partial charge in [0.1, 0.15) is 0 Å². The maximum atomic E-state index is 10.7. The summed E-state index contributed by atoms with van der Waals surface area (Å²) in [5, 5.41) is 75.6. The highest BCUT2D eigenvalue weighted by molar-refractivity contribution is 6.13. The van der Waals surface area contributed by atoms with Crippen molar-refractivity contribution in [3.8, 4) is 133 Å². The van der Waals surface area contributed by atoms with Crippen LogP contribution < -0.4 is 0 Å². The van der Waals surface area contributed by atoms with E-state index >= 15 is 0 Å². The molecule has 0 radical (unpaired) electrons. The van der Waals surface area contributed by atoms with Crippen molar-refractivity contribution < 1.29 is 0 Å². The summed E-state index contributed by atoms with van der Waals surface area (Å²) in [5.41, 5.74) is 14.1. The molecule has 0 unspecified atom stereocenters.